The first-order valence-corrected chi connectivity index (χ1v) is 16.8. The molecule has 0 radical (unpaired) electrons. The molecule has 0 bridgehead atoms. The molecule has 4 fully saturated rings. The number of amides is 1. The van der Waals surface area contributed by atoms with Gasteiger partial charge in [0.25, 0.3) is 0 Å². The van der Waals surface area contributed by atoms with Crippen LogP contribution >= 0.6 is 0 Å². The summed E-state index contributed by atoms with van der Waals surface area (Å²) in [6.07, 6.45) is -18.5. The van der Waals surface area contributed by atoms with Crippen LogP contribution in [0.2, 0.25) is 0 Å². The molecule has 4 aliphatic rings. The number of aliphatic hydroxyl groups is 6. The van der Waals surface area contributed by atoms with Crippen molar-refractivity contribution in [1.82, 2.24) is 16.0 Å². The second-order valence-electron chi connectivity index (χ2n) is 13.1. The van der Waals surface area contributed by atoms with Crippen molar-refractivity contribution < 1.29 is 63.9 Å². The second-order valence-corrected chi connectivity index (χ2v) is 13.1. The summed E-state index contributed by atoms with van der Waals surface area (Å²) in [5, 5.41) is 72.7. The molecule has 9 unspecified atom stereocenters. The third-order valence-corrected chi connectivity index (χ3v) is 9.57. The molecule has 22 nitrogen and oxygen atoms in total. The molecule has 3 heterocycles. The first kappa shape index (κ1) is 41.4. The van der Waals surface area contributed by atoms with E-state index in [4.69, 9.17) is 62.8 Å². The third-order valence-electron chi connectivity index (χ3n) is 9.57. The molecule has 21 N–H and O–H groups in total. The number of hydrogen-bond acceptors (Lipinski definition) is 21. The summed E-state index contributed by atoms with van der Waals surface area (Å²) >= 11 is 0. The normalized spacial score (nSPS) is 46.9. The number of carbonyl (C=O) groups is 1. The van der Waals surface area contributed by atoms with E-state index in [1.807, 2.05) is 0 Å². The predicted octanol–water partition coefficient (Wildman–Crippen LogP) is -9.96. The van der Waals surface area contributed by atoms with Gasteiger partial charge in [0.1, 0.15) is 48.8 Å². The van der Waals surface area contributed by atoms with Gasteiger partial charge >= 0.3 is 0 Å². The van der Waals surface area contributed by atoms with Gasteiger partial charge in [-0.05, 0) is 13.5 Å². The highest BCUT2D eigenvalue weighted by molar-refractivity contribution is 5.78. The summed E-state index contributed by atoms with van der Waals surface area (Å²) < 4.78 is 35.4. The van der Waals surface area contributed by atoms with E-state index in [1.165, 1.54) is 0 Å². The zero-order valence-electron chi connectivity index (χ0n) is 27.9. The first-order chi connectivity index (χ1) is 23.8. The fourth-order valence-corrected chi connectivity index (χ4v) is 6.60. The Morgan fingerprint density at radius 3 is 1.90 bits per heavy atom. The van der Waals surface area contributed by atoms with Crippen LogP contribution in [0, 0.1) is 0 Å². The van der Waals surface area contributed by atoms with Crippen molar-refractivity contribution in [2.45, 2.75) is 123 Å². The van der Waals surface area contributed by atoms with E-state index in [1.54, 1.807) is 7.05 Å². The molecule has 50 heavy (non-hydrogen) atoms. The molecule has 0 aromatic heterocycles. The lowest BCUT2D eigenvalue weighted by atomic mass is 9.84. The number of likely N-dealkylation sites (N-methyl/N-ethyl adjacent to an activating group) is 1. The van der Waals surface area contributed by atoms with Crippen molar-refractivity contribution in [3.05, 3.63) is 0 Å². The zero-order valence-corrected chi connectivity index (χ0v) is 27.9. The molecule has 0 aromatic rings. The number of nitrogens with one attached hydrogen (secondary N) is 3. The molecule has 3 aliphatic heterocycles. The summed E-state index contributed by atoms with van der Waals surface area (Å²) in [4.78, 5) is 12.5. The number of carbonyl (C=O) groups excluding carboxylic acids is 1. The summed E-state index contributed by atoms with van der Waals surface area (Å²) in [6.45, 7) is 0.191. The lowest BCUT2D eigenvalue weighted by Gasteiger charge is -2.48. The van der Waals surface area contributed by atoms with Gasteiger partial charge in [0.2, 0.25) is 5.91 Å². The van der Waals surface area contributed by atoms with Crippen molar-refractivity contribution in [3.8, 4) is 0 Å². The Morgan fingerprint density at radius 1 is 0.700 bits per heavy atom. The van der Waals surface area contributed by atoms with Crippen LogP contribution in [0.15, 0.2) is 0 Å². The standard InChI is InChI=1S/C28H57N9O13/c1-35-2-3-36-7-14(39)37-17-11(5-29)45-26(15(33)20(17)42)48-23-10(32)4-9(31)18(40)25(23)50-28-22(44)24(13(8-38)47-28)49-27-16(34)21(43)19(41)12(6-30)46-27/h9-13,15-28,35-36,38,40-44H,2-8,29-34H2,1H3,(H,37,39)/t9-,10?,11?,12+,13-,15?,16-,17-,18?,19?,20-,21?,22?,23-,24+,25-,26-,27?,28?/m1/s1. The fourth-order valence-electron chi connectivity index (χ4n) is 6.60. The minimum Gasteiger partial charge on any atom is -0.394 e. The molecule has 3 saturated heterocycles. The Hall–Kier alpha value is -1.33. The summed E-state index contributed by atoms with van der Waals surface area (Å²) in [6, 6.07) is -5.23. The predicted molar refractivity (Wildman–Crippen MR) is 171 cm³/mol. The Labute approximate surface area is 289 Å². The van der Waals surface area contributed by atoms with Crippen LogP contribution in [0.1, 0.15) is 6.42 Å². The van der Waals surface area contributed by atoms with E-state index < -0.39 is 129 Å². The Kier molecular flexibility index (Phi) is 15.4. The number of rotatable bonds is 15. The second kappa shape index (κ2) is 18.6. The van der Waals surface area contributed by atoms with E-state index in [9.17, 15) is 35.4 Å². The number of nitrogens with two attached hydrogens (primary N) is 6. The van der Waals surface area contributed by atoms with Crippen molar-refractivity contribution in [1.29, 1.82) is 0 Å². The SMILES string of the molecule is CNCCNCC(=O)N[C@@H]1C(CN)O[C@H](O[C@@H]2C(N)C[C@@H](N)C(O)[C@H]2OC2O[C@H](CO)[C@H](OC3O[C@@H](CN)C(O)C(O)[C@H]3N)C2O)C(N)[C@H]1O. The van der Waals surface area contributed by atoms with E-state index in [0.29, 0.717) is 13.1 Å². The number of ether oxygens (including phenoxy) is 6. The molecule has 0 aromatic carbocycles. The van der Waals surface area contributed by atoms with Crippen LogP contribution in [0.25, 0.3) is 0 Å². The smallest absolute Gasteiger partial charge is 0.234 e. The highest BCUT2D eigenvalue weighted by Gasteiger charge is 2.54. The molecule has 1 aliphatic carbocycles. The fraction of sp³-hybridized carbons (Fsp3) is 0.964. The van der Waals surface area contributed by atoms with E-state index in [0.717, 1.165) is 0 Å². The molecule has 292 valence electrons. The van der Waals surface area contributed by atoms with Gasteiger partial charge in [-0.25, -0.2) is 0 Å². The quantitative estimate of drug-likeness (QED) is 0.0696. The molecule has 0 spiro atoms. The molecule has 4 rings (SSSR count). The van der Waals surface area contributed by atoms with Crippen molar-refractivity contribution >= 4 is 5.91 Å². The van der Waals surface area contributed by atoms with Crippen LogP contribution in [0.4, 0.5) is 0 Å². The van der Waals surface area contributed by atoms with Gasteiger partial charge in [-0.1, -0.05) is 0 Å². The minimum absolute atomic E-state index is 0.0245. The van der Waals surface area contributed by atoms with Gasteiger partial charge in [-0.3, -0.25) is 4.79 Å². The van der Waals surface area contributed by atoms with Crippen LogP contribution in [0.5, 0.6) is 0 Å². The van der Waals surface area contributed by atoms with Crippen molar-refractivity contribution in [3.63, 3.8) is 0 Å². The highest BCUT2D eigenvalue weighted by atomic mass is 16.8. The summed E-state index contributed by atoms with van der Waals surface area (Å²) in [5.41, 5.74) is 36.5. The summed E-state index contributed by atoms with van der Waals surface area (Å²) in [7, 11) is 1.78. The minimum atomic E-state index is -1.63. The van der Waals surface area contributed by atoms with Gasteiger partial charge in [0, 0.05) is 38.3 Å². The van der Waals surface area contributed by atoms with Gasteiger partial charge < -0.3 is 109 Å². The van der Waals surface area contributed by atoms with E-state index in [-0.39, 0.29) is 26.1 Å². The van der Waals surface area contributed by atoms with E-state index >= 15 is 0 Å². The largest absolute Gasteiger partial charge is 0.394 e. The molecule has 19 atom stereocenters. The molecule has 22 heteroatoms. The monoisotopic (exact) mass is 727 g/mol. The van der Waals surface area contributed by atoms with Crippen molar-refractivity contribution in [2.75, 3.05) is 46.4 Å². The van der Waals surface area contributed by atoms with Crippen LogP contribution < -0.4 is 50.4 Å². The molecule has 1 saturated carbocycles. The zero-order chi connectivity index (χ0) is 36.9. The average Bonchev–Trinajstić information content (AvgIpc) is 3.39. The van der Waals surface area contributed by atoms with Gasteiger partial charge in [0.05, 0.1) is 49.6 Å². The average molecular weight is 728 g/mol. The number of hydrogen-bond donors (Lipinski definition) is 15. The molecular formula is C28H57N9O13. The van der Waals surface area contributed by atoms with Gasteiger partial charge in [-0.2, -0.15) is 0 Å². The maximum atomic E-state index is 12.5. The lowest BCUT2D eigenvalue weighted by molar-refractivity contribution is -0.297. The van der Waals surface area contributed by atoms with Crippen LogP contribution in [-0.2, 0) is 33.2 Å². The summed E-state index contributed by atoms with van der Waals surface area (Å²) in [5.74, 6) is -0.415. The van der Waals surface area contributed by atoms with Crippen molar-refractivity contribution in [2.24, 2.45) is 34.4 Å². The number of aliphatic hydroxyl groups excluding tert-OH is 6. The molecular weight excluding hydrogens is 670 g/mol. The maximum Gasteiger partial charge on any atom is 0.234 e. The third kappa shape index (κ3) is 9.23. The first-order valence-electron chi connectivity index (χ1n) is 16.8. The Morgan fingerprint density at radius 2 is 1.28 bits per heavy atom. The molecule has 1 amide bonds. The van der Waals surface area contributed by atoms with Crippen LogP contribution in [-0.4, -0.2) is 199 Å². The maximum absolute atomic E-state index is 12.5. The van der Waals surface area contributed by atoms with Gasteiger partial charge in [-0.15, -0.1) is 0 Å². The van der Waals surface area contributed by atoms with Gasteiger partial charge in [0.15, 0.2) is 18.9 Å². The Bertz CT molecular complexity index is 1060. The lowest BCUT2D eigenvalue weighted by Crippen LogP contribution is -2.70. The van der Waals surface area contributed by atoms with E-state index in [2.05, 4.69) is 16.0 Å². The Balaban J connectivity index is 1.45. The highest BCUT2D eigenvalue weighted by Crippen LogP contribution is 2.34. The topological polar surface area (TPSA) is 386 Å². The van der Waals surface area contributed by atoms with Crippen LogP contribution in [0.3, 0.4) is 0 Å².